The highest BCUT2D eigenvalue weighted by Crippen LogP contribution is 2.42. The summed E-state index contributed by atoms with van der Waals surface area (Å²) in [6.45, 7) is 8.91. The van der Waals surface area contributed by atoms with Gasteiger partial charge in [-0.2, -0.15) is 5.10 Å². The van der Waals surface area contributed by atoms with Crippen LogP contribution in [0.5, 0.6) is 0 Å². The van der Waals surface area contributed by atoms with Crippen molar-refractivity contribution in [3.63, 3.8) is 0 Å². The number of hydrogen-bond acceptors (Lipinski definition) is 5. The number of aromatic nitrogens is 3. The van der Waals surface area contributed by atoms with Crippen LogP contribution in [0.3, 0.4) is 0 Å². The van der Waals surface area contributed by atoms with E-state index < -0.39 is 11.5 Å². The number of nitrogens with one attached hydrogen (secondary N) is 1. The van der Waals surface area contributed by atoms with Crippen molar-refractivity contribution < 1.29 is 19.1 Å². The third kappa shape index (κ3) is 5.14. The van der Waals surface area contributed by atoms with Gasteiger partial charge in [-0.25, -0.2) is 18.7 Å². The number of rotatable bonds is 4. The molecule has 5 rings (SSSR count). The largest absolute Gasteiger partial charge is 0.465 e. The van der Waals surface area contributed by atoms with E-state index >= 15 is 0 Å². The lowest BCUT2D eigenvalue weighted by molar-refractivity contribution is -0.129. The number of carbonyl (C=O) groups excluding carboxylic acids is 1. The van der Waals surface area contributed by atoms with E-state index in [4.69, 9.17) is 16.6 Å². The summed E-state index contributed by atoms with van der Waals surface area (Å²) in [6.07, 6.45) is 4.96. The van der Waals surface area contributed by atoms with Crippen LogP contribution in [0.15, 0.2) is 36.7 Å². The number of carboxylic acid groups (broad SMARTS) is 1. The highest BCUT2D eigenvalue weighted by molar-refractivity contribution is 6.31. The Balaban J connectivity index is 1.40. The van der Waals surface area contributed by atoms with Crippen molar-refractivity contribution in [2.45, 2.75) is 65.5 Å². The molecule has 0 aliphatic carbocycles. The smallest absolute Gasteiger partial charge is 0.407 e. The first-order valence-electron chi connectivity index (χ1n) is 13.2. The molecule has 2 fully saturated rings. The summed E-state index contributed by atoms with van der Waals surface area (Å²) in [4.78, 5) is 33.9. The molecule has 208 valence electrons. The zero-order valence-electron chi connectivity index (χ0n) is 22.6. The molecular weight excluding hydrogens is 523 g/mol. The fourth-order valence-electron chi connectivity index (χ4n) is 5.89. The molecule has 3 unspecified atom stereocenters. The summed E-state index contributed by atoms with van der Waals surface area (Å²) < 4.78 is 15.6. The van der Waals surface area contributed by atoms with Crippen molar-refractivity contribution in [1.82, 2.24) is 19.5 Å². The van der Waals surface area contributed by atoms with E-state index in [0.717, 1.165) is 24.9 Å². The third-order valence-electron chi connectivity index (χ3n) is 8.18. The summed E-state index contributed by atoms with van der Waals surface area (Å²) in [5, 5.41) is 17.6. The Bertz CT molecular complexity index is 1420. The van der Waals surface area contributed by atoms with E-state index in [1.54, 1.807) is 23.0 Å². The number of fused-ring (bicyclic) bond motifs is 1. The number of hydrogen-bond donors (Lipinski definition) is 2. The van der Waals surface area contributed by atoms with E-state index in [-0.39, 0.29) is 35.8 Å². The second-order valence-electron chi connectivity index (χ2n) is 12.0. The van der Waals surface area contributed by atoms with Crippen LogP contribution < -0.4 is 10.2 Å². The lowest BCUT2D eigenvalue weighted by Crippen LogP contribution is -2.56. The predicted octanol–water partition coefficient (Wildman–Crippen LogP) is 6.00. The molecule has 4 heterocycles. The van der Waals surface area contributed by atoms with Gasteiger partial charge >= 0.3 is 6.09 Å². The summed E-state index contributed by atoms with van der Waals surface area (Å²) in [5.41, 5.74) is 0.625. The number of carbonyl (C=O) groups is 2. The lowest BCUT2D eigenvalue weighted by Gasteiger charge is -2.48. The molecular formula is C28H34ClFN6O3. The van der Waals surface area contributed by atoms with E-state index in [1.807, 2.05) is 33.8 Å². The summed E-state index contributed by atoms with van der Waals surface area (Å²) in [5.74, 6) is 0.173. The van der Waals surface area contributed by atoms with E-state index in [0.29, 0.717) is 35.0 Å². The first-order chi connectivity index (χ1) is 18.4. The number of piperidine rings is 1. The van der Waals surface area contributed by atoms with Crippen LogP contribution in [0.25, 0.3) is 5.65 Å². The van der Waals surface area contributed by atoms with Gasteiger partial charge in [0.2, 0.25) is 5.91 Å². The Morgan fingerprint density at radius 3 is 2.72 bits per heavy atom. The Morgan fingerprint density at radius 2 is 2.00 bits per heavy atom. The number of likely N-dealkylation sites (tertiary alicyclic amines) is 1. The monoisotopic (exact) mass is 556 g/mol. The summed E-state index contributed by atoms with van der Waals surface area (Å²) >= 11 is 6.43. The first kappa shape index (κ1) is 27.2. The van der Waals surface area contributed by atoms with E-state index in [2.05, 4.69) is 15.3 Å². The molecule has 1 aromatic carbocycles. The molecule has 3 atom stereocenters. The van der Waals surface area contributed by atoms with Crippen molar-refractivity contribution in [3.05, 3.63) is 53.1 Å². The number of halogens is 2. The van der Waals surface area contributed by atoms with Gasteiger partial charge in [-0.05, 0) is 60.9 Å². The molecule has 3 aromatic rings. The van der Waals surface area contributed by atoms with Gasteiger partial charge < -0.3 is 20.2 Å². The van der Waals surface area contributed by atoms with Crippen molar-refractivity contribution in [2.75, 3.05) is 23.3 Å². The second kappa shape index (κ2) is 9.97. The molecule has 0 spiro atoms. The second-order valence-corrected chi connectivity index (χ2v) is 12.4. The number of nitrogens with zero attached hydrogens (tertiary/aromatic N) is 5. The molecule has 2 N–H and O–H groups in total. The van der Waals surface area contributed by atoms with Crippen LogP contribution in [0, 0.1) is 16.6 Å². The van der Waals surface area contributed by atoms with Gasteiger partial charge in [0.1, 0.15) is 17.3 Å². The third-order valence-corrected chi connectivity index (χ3v) is 8.53. The molecule has 0 bridgehead atoms. The molecule has 39 heavy (non-hydrogen) atoms. The molecule has 2 aliphatic rings. The average molecular weight is 557 g/mol. The van der Waals surface area contributed by atoms with Crippen molar-refractivity contribution in [1.29, 1.82) is 0 Å². The fraction of sp³-hybridized carbons (Fsp3) is 0.500. The van der Waals surface area contributed by atoms with Crippen LogP contribution in [-0.4, -0.2) is 55.7 Å². The minimum absolute atomic E-state index is 0.114. The maximum absolute atomic E-state index is 14.0. The van der Waals surface area contributed by atoms with Gasteiger partial charge in [-0.15, -0.1) is 0 Å². The SMILES string of the molecule is CC1(C(=O)Nc2cnn3ccc(N4CCCC4c4cc(F)ccc4Cl)nc23)CCN(C(=O)O)C(C(C)(C)C)C1. The maximum Gasteiger partial charge on any atom is 0.407 e. The minimum atomic E-state index is -0.962. The van der Waals surface area contributed by atoms with Crippen molar-refractivity contribution in [2.24, 2.45) is 10.8 Å². The van der Waals surface area contributed by atoms with E-state index in [9.17, 15) is 19.1 Å². The molecule has 11 heteroatoms. The zero-order chi connectivity index (χ0) is 28.1. The fourth-order valence-corrected chi connectivity index (χ4v) is 6.13. The van der Waals surface area contributed by atoms with Gasteiger partial charge in [-0.3, -0.25) is 4.79 Å². The molecule has 0 saturated carbocycles. The molecule has 2 amide bonds. The molecule has 0 radical (unpaired) electrons. The Hall–Kier alpha value is -3.40. The first-order valence-corrected chi connectivity index (χ1v) is 13.6. The number of anilines is 2. The quantitative estimate of drug-likeness (QED) is 0.409. The standard InChI is InChI=1S/C28H34ClFN6O3/c1-27(2,3)22-15-28(4,10-13-35(22)26(38)39)25(37)32-20-16-31-36-12-9-23(33-24(20)36)34-11-5-6-21(34)18-14-17(30)7-8-19(18)29/h7-9,12,14,16,21-22H,5-6,10-11,13,15H2,1-4H3,(H,32,37)(H,38,39). The summed E-state index contributed by atoms with van der Waals surface area (Å²) in [7, 11) is 0. The van der Waals surface area contributed by atoms with Gasteiger partial charge in [0.15, 0.2) is 5.65 Å². The Kier molecular flexibility index (Phi) is 6.95. The summed E-state index contributed by atoms with van der Waals surface area (Å²) in [6, 6.07) is 5.86. The Morgan fingerprint density at radius 1 is 1.23 bits per heavy atom. The topological polar surface area (TPSA) is 103 Å². The Labute approximate surface area is 231 Å². The minimum Gasteiger partial charge on any atom is -0.465 e. The van der Waals surface area contributed by atoms with Crippen molar-refractivity contribution in [3.8, 4) is 0 Å². The number of benzene rings is 1. The highest BCUT2D eigenvalue weighted by Gasteiger charge is 2.47. The van der Waals surface area contributed by atoms with Gasteiger partial charge in [-0.1, -0.05) is 39.3 Å². The van der Waals surface area contributed by atoms with Crippen LogP contribution >= 0.6 is 11.6 Å². The molecule has 2 aliphatic heterocycles. The van der Waals surface area contributed by atoms with Gasteiger partial charge in [0.05, 0.1) is 17.7 Å². The van der Waals surface area contributed by atoms with Crippen LogP contribution in [0.2, 0.25) is 5.02 Å². The van der Waals surface area contributed by atoms with Crippen LogP contribution in [0.1, 0.15) is 65.0 Å². The van der Waals surface area contributed by atoms with Crippen LogP contribution in [0.4, 0.5) is 20.7 Å². The number of amides is 2. The lowest BCUT2D eigenvalue weighted by atomic mass is 9.69. The van der Waals surface area contributed by atoms with Gasteiger partial charge in [0, 0.05) is 30.4 Å². The average Bonchev–Trinajstić information content (AvgIpc) is 3.52. The van der Waals surface area contributed by atoms with Crippen molar-refractivity contribution >= 4 is 40.8 Å². The van der Waals surface area contributed by atoms with Gasteiger partial charge in [0.25, 0.3) is 0 Å². The van der Waals surface area contributed by atoms with E-state index in [1.165, 1.54) is 17.0 Å². The molecule has 2 aromatic heterocycles. The van der Waals surface area contributed by atoms with Crippen LogP contribution in [-0.2, 0) is 4.79 Å². The molecule has 9 nitrogen and oxygen atoms in total. The highest BCUT2D eigenvalue weighted by atomic mass is 35.5. The maximum atomic E-state index is 14.0. The molecule has 2 saturated heterocycles. The predicted molar refractivity (Wildman–Crippen MR) is 148 cm³/mol. The normalized spacial score (nSPS) is 23.8. The zero-order valence-corrected chi connectivity index (χ0v) is 23.4.